The standard InChI is InChI=1S/C46H80N18O15/c1-24(57-44(78)36(26(3)67)63-41(75)30(14-15-32(49)68)59-38(72)27(48)11-4-6-16-47)37(71)58-29(13-10-18-53-45(51)52)39(73)60-28(12-5-7-17-54-46(79)64-19-8-9-20-64)40(74)61-31(23-65)42(76)62-35(25(2)66)43(77)56-22-34(70)55-21-33(50)69/h8-9,19-20,24-31,35-36,65-67H,4-7,10-18,21-23,47-48H2,1-3H3,(H2,49,68)(H2,50,69)(H,54,79)(H,55,70)(H,56,77)(H,57,78)(H,58,71)(H,59,72)(H,60,73)(H,61,74)(H,62,76)(H,63,75)(H4,51,52,53)/t24-,25+,26+,27-,28-,29-,30-,31-,35-,36-/m0/s1. The van der Waals surface area contributed by atoms with Gasteiger partial charge in [0.2, 0.25) is 65.0 Å². The molecule has 0 fully saturated rings. The van der Waals surface area contributed by atoms with Gasteiger partial charge in [0.05, 0.1) is 37.9 Å². The molecule has 0 radical (unpaired) electrons. The molecule has 0 aliphatic carbocycles. The molecule has 1 aromatic heterocycles. The number of nitrogens with zero attached hydrogens (tertiary/aromatic N) is 2. The van der Waals surface area contributed by atoms with Crippen molar-refractivity contribution in [2.24, 2.45) is 39.4 Å². The number of carbonyl (C=O) groups excluding carboxylic acids is 12. The first-order valence-electron chi connectivity index (χ1n) is 25.3. The van der Waals surface area contributed by atoms with Crippen LogP contribution < -0.4 is 87.6 Å². The first-order chi connectivity index (χ1) is 37.2. The zero-order chi connectivity index (χ0) is 59.8. The van der Waals surface area contributed by atoms with Crippen LogP contribution in [0.25, 0.3) is 0 Å². The van der Waals surface area contributed by atoms with Gasteiger partial charge in [-0.2, -0.15) is 0 Å². The smallest absolute Gasteiger partial charge is 0.325 e. The summed E-state index contributed by atoms with van der Waals surface area (Å²) < 4.78 is 1.28. The minimum absolute atomic E-state index is 0.0417. The molecule has 0 bridgehead atoms. The Morgan fingerprint density at radius 3 is 1.58 bits per heavy atom. The highest BCUT2D eigenvalue weighted by Gasteiger charge is 2.35. The molecule has 12 amide bonds. The predicted octanol–water partition coefficient (Wildman–Crippen LogP) is -9.12. The van der Waals surface area contributed by atoms with Crippen LogP contribution in [0.2, 0.25) is 0 Å². The van der Waals surface area contributed by atoms with Crippen molar-refractivity contribution in [3.8, 4) is 0 Å². The molecule has 33 nitrogen and oxygen atoms in total. The van der Waals surface area contributed by atoms with Gasteiger partial charge in [-0.1, -0.05) is 6.42 Å². The SMILES string of the molecule is C[C@H](NC(=O)[C@@H](NC(=O)[C@H](CCC(N)=O)NC(=O)[C@@H](N)CCCCN)[C@@H](C)O)C(=O)N[C@@H](CCCN=C(N)N)C(=O)N[C@@H](CCCCNC(=O)n1cccc1)C(=O)N[C@@H](CO)C(=O)N[C@H](C(=O)NCC(=O)NCC(N)=O)[C@@H](C)O. The van der Waals surface area contributed by atoms with Crippen LogP contribution in [0.5, 0.6) is 0 Å². The number of carbonyl (C=O) groups is 12. The summed E-state index contributed by atoms with van der Waals surface area (Å²) >= 11 is 0. The van der Waals surface area contributed by atoms with E-state index >= 15 is 0 Å². The van der Waals surface area contributed by atoms with Gasteiger partial charge in [0.1, 0.15) is 42.3 Å². The van der Waals surface area contributed by atoms with Gasteiger partial charge in [0, 0.05) is 31.9 Å². The van der Waals surface area contributed by atoms with E-state index in [0.29, 0.717) is 19.4 Å². The first kappa shape index (κ1) is 69.0. The maximum atomic E-state index is 14.2. The fraction of sp³-hybridized carbons (Fsp3) is 0.630. The predicted molar refractivity (Wildman–Crippen MR) is 281 cm³/mol. The average Bonchev–Trinajstić information content (AvgIpc) is 3.94. The van der Waals surface area contributed by atoms with E-state index in [2.05, 4.69) is 58.2 Å². The second kappa shape index (κ2) is 36.9. The van der Waals surface area contributed by atoms with Crippen molar-refractivity contribution in [1.82, 2.24) is 57.7 Å². The molecule has 0 saturated heterocycles. The quantitative estimate of drug-likeness (QED) is 0.0166. The van der Waals surface area contributed by atoms with Gasteiger partial charge in [-0.3, -0.25) is 62.3 Å². The van der Waals surface area contributed by atoms with Crippen molar-refractivity contribution in [2.45, 2.75) is 146 Å². The lowest BCUT2D eigenvalue weighted by atomic mass is 10.0. The average molecular weight is 1130 g/mol. The van der Waals surface area contributed by atoms with E-state index in [1.54, 1.807) is 12.1 Å². The lowest BCUT2D eigenvalue weighted by Crippen LogP contribution is -2.61. The van der Waals surface area contributed by atoms with E-state index in [-0.39, 0.29) is 70.4 Å². The van der Waals surface area contributed by atoms with Crippen LogP contribution in [-0.2, 0) is 52.7 Å². The summed E-state index contributed by atoms with van der Waals surface area (Å²) in [6.07, 6.45) is 0.438. The van der Waals surface area contributed by atoms with Gasteiger partial charge in [0.15, 0.2) is 5.96 Å². The molecule has 0 saturated carbocycles. The van der Waals surface area contributed by atoms with Crippen LogP contribution in [0.4, 0.5) is 4.79 Å². The highest BCUT2D eigenvalue weighted by Crippen LogP contribution is 2.09. The zero-order valence-corrected chi connectivity index (χ0v) is 44.5. The number of hydrogen-bond donors (Lipinski definition) is 19. The maximum absolute atomic E-state index is 14.2. The van der Waals surface area contributed by atoms with Gasteiger partial charge in [-0.15, -0.1) is 0 Å². The normalized spacial score (nSPS) is 14.7. The minimum Gasteiger partial charge on any atom is -0.394 e. The Labute approximate surface area is 455 Å². The van der Waals surface area contributed by atoms with Gasteiger partial charge >= 0.3 is 6.03 Å². The number of aliphatic hydroxyl groups excluding tert-OH is 3. The summed E-state index contributed by atoms with van der Waals surface area (Å²) in [6, 6.07) is -9.61. The molecule has 0 unspecified atom stereocenters. The summed E-state index contributed by atoms with van der Waals surface area (Å²) in [7, 11) is 0. The summed E-state index contributed by atoms with van der Waals surface area (Å²) in [5.41, 5.74) is 32.7. The van der Waals surface area contributed by atoms with Crippen LogP contribution in [0.3, 0.4) is 0 Å². The number of aromatic nitrogens is 1. The van der Waals surface area contributed by atoms with Gasteiger partial charge in [-0.05, 0) is 90.8 Å². The van der Waals surface area contributed by atoms with E-state index in [1.165, 1.54) is 23.9 Å². The maximum Gasteiger partial charge on any atom is 0.325 e. The van der Waals surface area contributed by atoms with Crippen molar-refractivity contribution < 1.29 is 72.9 Å². The van der Waals surface area contributed by atoms with E-state index in [1.807, 2.05) is 0 Å². The fourth-order valence-electron chi connectivity index (χ4n) is 6.99. The summed E-state index contributed by atoms with van der Waals surface area (Å²) in [6.45, 7) is 1.54. The number of hydrogen-bond acceptors (Lipinski definition) is 18. The highest BCUT2D eigenvalue weighted by atomic mass is 16.3. The number of rotatable bonds is 38. The summed E-state index contributed by atoms with van der Waals surface area (Å²) in [5, 5.41) is 54.6. The summed E-state index contributed by atoms with van der Waals surface area (Å²) in [5.74, 6) is -11.0. The van der Waals surface area contributed by atoms with Crippen LogP contribution in [0.15, 0.2) is 29.5 Å². The molecule has 1 aromatic rings. The number of guanidine groups is 1. The van der Waals surface area contributed by atoms with E-state index in [0.717, 1.165) is 13.8 Å². The molecular formula is C46H80N18O15. The third-order valence-corrected chi connectivity index (χ3v) is 11.4. The van der Waals surface area contributed by atoms with Crippen LogP contribution in [0.1, 0.15) is 85.0 Å². The summed E-state index contributed by atoms with van der Waals surface area (Å²) in [4.78, 5) is 159. The molecule has 1 heterocycles. The molecule has 79 heavy (non-hydrogen) atoms. The minimum atomic E-state index is -1.83. The van der Waals surface area contributed by atoms with Crippen molar-refractivity contribution in [1.29, 1.82) is 0 Å². The van der Waals surface area contributed by atoms with E-state index in [9.17, 15) is 72.9 Å². The Morgan fingerprint density at radius 2 is 1.04 bits per heavy atom. The molecule has 0 aliphatic heterocycles. The van der Waals surface area contributed by atoms with Crippen molar-refractivity contribution in [2.75, 3.05) is 39.3 Å². The van der Waals surface area contributed by atoms with Gasteiger partial charge in [-0.25, -0.2) is 4.79 Å². The Morgan fingerprint density at radius 1 is 0.532 bits per heavy atom. The Hall–Kier alpha value is -8.01. The Bertz CT molecular complexity index is 2230. The van der Waals surface area contributed by atoms with Crippen molar-refractivity contribution in [3.63, 3.8) is 0 Å². The van der Waals surface area contributed by atoms with Crippen LogP contribution in [0, 0.1) is 0 Å². The number of amides is 12. The monoisotopic (exact) mass is 1120 g/mol. The second-order valence-corrected chi connectivity index (χ2v) is 18.2. The van der Waals surface area contributed by atoms with E-state index < -0.39 is 151 Å². The molecule has 25 N–H and O–H groups in total. The lowest BCUT2D eigenvalue weighted by Gasteiger charge is -2.28. The largest absolute Gasteiger partial charge is 0.394 e. The van der Waals surface area contributed by atoms with Crippen LogP contribution >= 0.6 is 0 Å². The van der Waals surface area contributed by atoms with Gasteiger partial charge < -0.3 is 103 Å². The Balaban J connectivity index is 3.40. The first-order valence-corrected chi connectivity index (χ1v) is 25.3. The second-order valence-electron chi connectivity index (χ2n) is 18.2. The third kappa shape index (κ3) is 27.7. The Kier molecular flexibility index (Phi) is 32.2. The molecule has 444 valence electrons. The lowest BCUT2D eigenvalue weighted by molar-refractivity contribution is -0.137. The number of nitrogens with two attached hydrogens (primary N) is 6. The molecule has 10 atom stereocenters. The zero-order valence-electron chi connectivity index (χ0n) is 44.5. The molecule has 33 heteroatoms. The number of primary amides is 2. The third-order valence-electron chi connectivity index (χ3n) is 11.4. The molecule has 1 rings (SSSR count). The van der Waals surface area contributed by atoms with Crippen molar-refractivity contribution in [3.05, 3.63) is 24.5 Å². The molecule has 0 spiro atoms. The number of aliphatic imine (C=N–C) groups is 1. The van der Waals surface area contributed by atoms with Crippen molar-refractivity contribution >= 4 is 77.0 Å². The van der Waals surface area contributed by atoms with Crippen LogP contribution in [-0.4, -0.2) is 197 Å². The topological polar surface area (TPSA) is 559 Å². The molecular weight excluding hydrogens is 1040 g/mol. The number of nitrogens with one attached hydrogen (secondary N) is 10. The van der Waals surface area contributed by atoms with Gasteiger partial charge in [0.25, 0.3) is 0 Å². The molecule has 0 aliphatic rings. The highest BCUT2D eigenvalue weighted by molar-refractivity contribution is 5.98. The number of aliphatic hydroxyl groups is 3. The molecule has 0 aromatic carbocycles. The van der Waals surface area contributed by atoms with E-state index in [4.69, 9.17) is 34.4 Å². The number of unbranched alkanes of at least 4 members (excludes halogenated alkanes) is 2. The fourth-order valence-corrected chi connectivity index (χ4v) is 6.99.